The second-order valence-electron chi connectivity index (χ2n) is 3.80. The lowest BCUT2D eigenvalue weighted by molar-refractivity contribution is -0.580. The molecule has 0 aliphatic heterocycles. The van der Waals surface area contributed by atoms with Gasteiger partial charge in [0.05, 0.1) is 5.39 Å². The molecule has 0 saturated carbocycles. The van der Waals surface area contributed by atoms with Gasteiger partial charge in [-0.3, -0.25) is 0 Å². The van der Waals surface area contributed by atoms with Gasteiger partial charge < -0.3 is 5.21 Å². The van der Waals surface area contributed by atoms with E-state index in [2.05, 4.69) is 4.98 Å². The molecule has 0 saturated heterocycles. The van der Waals surface area contributed by atoms with Crippen molar-refractivity contribution in [3.05, 3.63) is 66.1 Å². The van der Waals surface area contributed by atoms with Crippen LogP contribution in [-0.2, 0) is 0 Å². The van der Waals surface area contributed by atoms with Crippen LogP contribution >= 0.6 is 0 Å². The van der Waals surface area contributed by atoms with Crippen LogP contribution in [0.1, 0.15) is 0 Å². The van der Waals surface area contributed by atoms with Crippen molar-refractivity contribution >= 4 is 10.9 Å². The van der Waals surface area contributed by atoms with Crippen molar-refractivity contribution < 1.29 is 4.73 Å². The zero-order valence-corrected chi connectivity index (χ0v) is 9.08. The first-order valence-corrected chi connectivity index (χ1v) is 5.38. The van der Waals surface area contributed by atoms with E-state index < -0.39 is 0 Å². The summed E-state index contributed by atoms with van der Waals surface area (Å²) in [4.78, 5) is 4.23. The minimum Gasteiger partial charge on any atom is -0.710 e. The SMILES string of the molecule is [O-][n+]1cnc(-c2ccccc2)c2ccccc21. The highest BCUT2D eigenvalue weighted by Gasteiger charge is 2.12. The molecule has 0 bridgehead atoms. The zero-order chi connectivity index (χ0) is 11.7. The molecule has 3 rings (SSSR count). The fourth-order valence-electron chi connectivity index (χ4n) is 1.93. The van der Waals surface area contributed by atoms with Crippen LogP contribution in [0.25, 0.3) is 22.2 Å². The summed E-state index contributed by atoms with van der Waals surface area (Å²) in [6, 6.07) is 17.3. The normalized spacial score (nSPS) is 10.6. The molecule has 17 heavy (non-hydrogen) atoms. The number of aromatic nitrogens is 2. The van der Waals surface area contributed by atoms with Gasteiger partial charge in [0.1, 0.15) is 5.52 Å². The summed E-state index contributed by atoms with van der Waals surface area (Å²) in [6.45, 7) is 0. The Labute approximate surface area is 98.6 Å². The summed E-state index contributed by atoms with van der Waals surface area (Å²) < 4.78 is 0.793. The summed E-state index contributed by atoms with van der Waals surface area (Å²) in [6.07, 6.45) is 1.31. The van der Waals surface area contributed by atoms with Crippen LogP contribution in [0.5, 0.6) is 0 Å². The van der Waals surface area contributed by atoms with Gasteiger partial charge in [0.2, 0.25) is 0 Å². The van der Waals surface area contributed by atoms with Gasteiger partial charge in [-0.2, -0.15) is 0 Å². The van der Waals surface area contributed by atoms with Gasteiger partial charge in [-0.15, -0.1) is 0 Å². The van der Waals surface area contributed by atoms with Crippen molar-refractivity contribution in [2.75, 3.05) is 0 Å². The zero-order valence-electron chi connectivity index (χ0n) is 9.08. The molecule has 0 amide bonds. The number of rotatable bonds is 1. The van der Waals surface area contributed by atoms with E-state index in [4.69, 9.17) is 0 Å². The van der Waals surface area contributed by atoms with Gasteiger partial charge in [-0.25, -0.2) is 4.73 Å². The Balaban J connectivity index is 2.35. The molecular weight excluding hydrogens is 212 g/mol. The van der Waals surface area contributed by atoms with Crippen LogP contribution in [0.3, 0.4) is 0 Å². The second kappa shape index (κ2) is 3.87. The first kappa shape index (κ1) is 9.78. The molecule has 82 valence electrons. The third kappa shape index (κ3) is 1.61. The van der Waals surface area contributed by atoms with Crippen molar-refractivity contribution in [3.63, 3.8) is 0 Å². The van der Waals surface area contributed by atoms with Crippen molar-refractivity contribution in [1.82, 2.24) is 4.98 Å². The number of hydrogen-bond donors (Lipinski definition) is 0. The van der Waals surface area contributed by atoms with E-state index in [9.17, 15) is 5.21 Å². The maximum Gasteiger partial charge on any atom is 0.290 e. The monoisotopic (exact) mass is 222 g/mol. The Kier molecular flexibility index (Phi) is 2.22. The van der Waals surface area contributed by atoms with Crippen molar-refractivity contribution in [2.24, 2.45) is 0 Å². The molecule has 0 aliphatic carbocycles. The van der Waals surface area contributed by atoms with Crippen molar-refractivity contribution in [2.45, 2.75) is 0 Å². The van der Waals surface area contributed by atoms with Crippen molar-refractivity contribution in [1.29, 1.82) is 0 Å². The molecular formula is C14H10N2O. The number of hydrogen-bond acceptors (Lipinski definition) is 2. The molecule has 0 aliphatic rings. The molecule has 0 spiro atoms. The molecule has 0 atom stereocenters. The Morgan fingerprint density at radius 3 is 2.41 bits per heavy atom. The molecule has 0 N–H and O–H groups in total. The summed E-state index contributed by atoms with van der Waals surface area (Å²) >= 11 is 0. The first-order chi connectivity index (χ1) is 8.36. The predicted octanol–water partition coefficient (Wildman–Crippen LogP) is 2.54. The van der Waals surface area contributed by atoms with Crippen LogP contribution < -0.4 is 4.73 Å². The molecule has 1 aromatic heterocycles. The summed E-state index contributed by atoms with van der Waals surface area (Å²) in [5.41, 5.74) is 2.50. The lowest BCUT2D eigenvalue weighted by atomic mass is 10.1. The molecule has 1 heterocycles. The Hall–Kier alpha value is -2.42. The van der Waals surface area contributed by atoms with E-state index in [0.29, 0.717) is 5.52 Å². The van der Waals surface area contributed by atoms with E-state index in [0.717, 1.165) is 21.4 Å². The average Bonchev–Trinajstić information content (AvgIpc) is 2.41. The Bertz CT molecular complexity index is 665. The number of nitrogens with zero attached hydrogens (tertiary/aromatic N) is 2. The largest absolute Gasteiger partial charge is 0.710 e. The molecule has 3 aromatic rings. The van der Waals surface area contributed by atoms with Crippen LogP contribution in [-0.4, -0.2) is 4.98 Å². The highest BCUT2D eigenvalue weighted by molar-refractivity contribution is 5.90. The minimum atomic E-state index is 0.640. The van der Waals surface area contributed by atoms with E-state index in [1.54, 1.807) is 6.07 Å². The van der Waals surface area contributed by atoms with E-state index in [1.807, 2.05) is 48.5 Å². The van der Waals surface area contributed by atoms with Crippen LogP contribution in [0.2, 0.25) is 0 Å². The van der Waals surface area contributed by atoms with E-state index in [1.165, 1.54) is 6.33 Å². The van der Waals surface area contributed by atoms with Gasteiger partial charge in [-0.05, 0) is 17.1 Å². The minimum absolute atomic E-state index is 0.640. The van der Waals surface area contributed by atoms with Gasteiger partial charge in [-0.1, -0.05) is 42.5 Å². The molecule has 3 heteroatoms. The van der Waals surface area contributed by atoms with Gasteiger partial charge in [0.15, 0.2) is 5.69 Å². The van der Waals surface area contributed by atoms with E-state index >= 15 is 0 Å². The van der Waals surface area contributed by atoms with Crippen LogP contribution in [0.15, 0.2) is 60.9 Å². The molecule has 0 fully saturated rings. The molecule has 3 nitrogen and oxygen atoms in total. The third-order valence-electron chi connectivity index (χ3n) is 2.74. The van der Waals surface area contributed by atoms with Crippen LogP contribution in [0, 0.1) is 5.21 Å². The van der Waals surface area contributed by atoms with Gasteiger partial charge >= 0.3 is 0 Å². The number of fused-ring (bicyclic) bond motifs is 1. The Morgan fingerprint density at radius 2 is 1.59 bits per heavy atom. The molecule has 0 unspecified atom stereocenters. The van der Waals surface area contributed by atoms with E-state index in [-0.39, 0.29) is 0 Å². The summed E-state index contributed by atoms with van der Waals surface area (Å²) in [5.74, 6) is 0. The lowest BCUT2D eigenvalue weighted by Gasteiger charge is -2.06. The second-order valence-corrected chi connectivity index (χ2v) is 3.80. The third-order valence-corrected chi connectivity index (χ3v) is 2.74. The number of para-hydroxylation sites is 1. The van der Waals surface area contributed by atoms with Gasteiger partial charge in [0, 0.05) is 5.56 Å². The highest BCUT2D eigenvalue weighted by atomic mass is 16.5. The molecule has 2 aromatic carbocycles. The lowest BCUT2D eigenvalue weighted by Crippen LogP contribution is -2.27. The quantitative estimate of drug-likeness (QED) is 0.469. The Morgan fingerprint density at radius 1 is 0.882 bits per heavy atom. The highest BCUT2D eigenvalue weighted by Crippen LogP contribution is 2.23. The standard InChI is InChI=1S/C14H10N2O/c17-16-10-15-14(11-6-2-1-3-7-11)12-8-4-5-9-13(12)16/h1-10H. The first-order valence-electron chi connectivity index (χ1n) is 5.38. The van der Waals surface area contributed by atoms with Gasteiger partial charge in [0.25, 0.3) is 6.33 Å². The fourth-order valence-corrected chi connectivity index (χ4v) is 1.93. The maximum absolute atomic E-state index is 11.6. The smallest absolute Gasteiger partial charge is 0.290 e. The van der Waals surface area contributed by atoms with Crippen molar-refractivity contribution in [3.8, 4) is 11.3 Å². The fraction of sp³-hybridized carbons (Fsp3) is 0. The topological polar surface area (TPSA) is 39.8 Å². The number of benzene rings is 2. The molecule has 0 radical (unpaired) electrons. The average molecular weight is 222 g/mol. The van der Waals surface area contributed by atoms with Crippen LogP contribution in [0.4, 0.5) is 0 Å². The summed E-state index contributed by atoms with van der Waals surface area (Å²) in [7, 11) is 0. The predicted molar refractivity (Wildman–Crippen MR) is 66.1 cm³/mol. The maximum atomic E-state index is 11.6. The summed E-state index contributed by atoms with van der Waals surface area (Å²) in [5, 5.41) is 12.5.